The minimum Gasteiger partial charge on any atom is -0.379 e. The molecular formula is C15H24N4O4. The molecule has 128 valence electrons. The van der Waals surface area contributed by atoms with E-state index in [2.05, 4.69) is 27.1 Å². The first-order valence-corrected chi connectivity index (χ1v) is 7.88. The van der Waals surface area contributed by atoms with E-state index >= 15 is 0 Å². The number of H-pyrrole nitrogens is 2. The Morgan fingerprint density at radius 1 is 1.30 bits per heavy atom. The highest BCUT2D eigenvalue weighted by Gasteiger charge is 2.17. The van der Waals surface area contributed by atoms with Crippen LogP contribution in [0.2, 0.25) is 0 Å². The molecule has 0 bridgehead atoms. The number of nitrogens with zero attached hydrogens (tertiary/aromatic N) is 1. The van der Waals surface area contributed by atoms with Crippen molar-refractivity contribution in [3.63, 3.8) is 0 Å². The summed E-state index contributed by atoms with van der Waals surface area (Å²) in [5, 5.41) is 2.89. The molecule has 2 heterocycles. The van der Waals surface area contributed by atoms with Gasteiger partial charge in [0.25, 0.3) is 5.56 Å². The summed E-state index contributed by atoms with van der Waals surface area (Å²) in [6.07, 6.45) is 0.515. The van der Waals surface area contributed by atoms with E-state index in [-0.39, 0.29) is 18.4 Å². The Bertz CT molecular complexity index is 646. The molecule has 0 aliphatic carbocycles. The highest BCUT2D eigenvalue weighted by Crippen LogP contribution is 2.03. The number of nitrogens with one attached hydrogen (secondary N) is 3. The number of aromatic amines is 2. The van der Waals surface area contributed by atoms with Crippen molar-refractivity contribution < 1.29 is 9.53 Å². The summed E-state index contributed by atoms with van der Waals surface area (Å²) >= 11 is 0. The van der Waals surface area contributed by atoms with Gasteiger partial charge < -0.3 is 15.0 Å². The average molecular weight is 324 g/mol. The molecule has 8 nitrogen and oxygen atoms in total. The maximum Gasteiger partial charge on any atom is 0.325 e. The first kappa shape index (κ1) is 17.4. The van der Waals surface area contributed by atoms with Gasteiger partial charge in [0.1, 0.15) is 0 Å². The lowest BCUT2D eigenvalue weighted by Crippen LogP contribution is -2.47. The van der Waals surface area contributed by atoms with E-state index in [0.717, 1.165) is 26.3 Å². The fourth-order valence-electron chi connectivity index (χ4n) is 2.66. The normalized spacial score (nSPS) is 17.0. The number of rotatable bonds is 6. The van der Waals surface area contributed by atoms with E-state index in [1.54, 1.807) is 6.92 Å². The largest absolute Gasteiger partial charge is 0.379 e. The van der Waals surface area contributed by atoms with Gasteiger partial charge in [0, 0.05) is 43.4 Å². The second-order valence-electron chi connectivity index (χ2n) is 5.81. The fraction of sp³-hybridized carbons (Fsp3) is 0.667. The van der Waals surface area contributed by atoms with E-state index < -0.39 is 11.2 Å². The number of morpholine rings is 1. The molecule has 23 heavy (non-hydrogen) atoms. The molecule has 0 saturated carbocycles. The van der Waals surface area contributed by atoms with Crippen LogP contribution in [-0.4, -0.2) is 59.7 Å². The molecule has 0 unspecified atom stereocenters. The molecule has 1 amide bonds. The van der Waals surface area contributed by atoms with Gasteiger partial charge >= 0.3 is 5.69 Å². The molecule has 0 spiro atoms. The predicted molar refractivity (Wildman–Crippen MR) is 85.6 cm³/mol. The van der Waals surface area contributed by atoms with Gasteiger partial charge in [0.2, 0.25) is 5.91 Å². The lowest BCUT2D eigenvalue weighted by Gasteiger charge is -2.32. The molecule has 1 aromatic rings. The third-order valence-corrected chi connectivity index (χ3v) is 4.12. The zero-order valence-corrected chi connectivity index (χ0v) is 13.6. The molecule has 3 N–H and O–H groups in total. The van der Waals surface area contributed by atoms with Crippen molar-refractivity contribution in [1.29, 1.82) is 0 Å². The first-order chi connectivity index (χ1) is 11.0. The number of aryl methyl sites for hydroxylation is 1. The number of amides is 1. The van der Waals surface area contributed by atoms with E-state index in [1.165, 1.54) is 0 Å². The van der Waals surface area contributed by atoms with E-state index in [4.69, 9.17) is 4.74 Å². The van der Waals surface area contributed by atoms with Gasteiger partial charge in [-0.1, -0.05) is 0 Å². The summed E-state index contributed by atoms with van der Waals surface area (Å²) in [6, 6.07) is 0.251. The Labute approximate surface area is 134 Å². The summed E-state index contributed by atoms with van der Waals surface area (Å²) < 4.78 is 5.31. The zero-order valence-electron chi connectivity index (χ0n) is 13.6. The van der Waals surface area contributed by atoms with Crippen LogP contribution in [0.3, 0.4) is 0 Å². The second-order valence-corrected chi connectivity index (χ2v) is 5.81. The quantitative estimate of drug-likeness (QED) is 0.631. The van der Waals surface area contributed by atoms with Gasteiger partial charge in [-0.2, -0.15) is 0 Å². The van der Waals surface area contributed by atoms with Crippen molar-refractivity contribution in [3.05, 3.63) is 32.1 Å². The van der Waals surface area contributed by atoms with Gasteiger partial charge in [-0.05, 0) is 20.3 Å². The first-order valence-electron chi connectivity index (χ1n) is 7.88. The van der Waals surface area contributed by atoms with Crippen LogP contribution >= 0.6 is 0 Å². The van der Waals surface area contributed by atoms with Crippen molar-refractivity contribution in [2.75, 3.05) is 32.8 Å². The molecule has 1 aliphatic rings. The fourth-order valence-corrected chi connectivity index (χ4v) is 2.66. The standard InChI is InChI=1S/C15H24N4O4/c1-10(19-5-7-23-8-6-19)9-16-13(20)4-3-12-11(2)17-15(22)18-14(12)21/h10H,3-9H2,1-2H3,(H,16,20)(H2,17,18,21,22)/t10-/m1/s1. The Morgan fingerprint density at radius 2 is 2.00 bits per heavy atom. The summed E-state index contributed by atoms with van der Waals surface area (Å²) in [6.45, 7) is 7.51. The number of ether oxygens (including phenoxy) is 1. The molecule has 2 rings (SSSR count). The minimum absolute atomic E-state index is 0.102. The van der Waals surface area contributed by atoms with Gasteiger partial charge in [-0.15, -0.1) is 0 Å². The highest BCUT2D eigenvalue weighted by molar-refractivity contribution is 5.76. The SMILES string of the molecule is Cc1[nH]c(=O)[nH]c(=O)c1CCC(=O)NC[C@@H](C)N1CCOCC1. The Balaban J connectivity index is 1.79. The van der Waals surface area contributed by atoms with Crippen molar-refractivity contribution in [2.24, 2.45) is 0 Å². The summed E-state index contributed by atoms with van der Waals surface area (Å²) in [4.78, 5) is 41.8. The predicted octanol–water partition coefficient (Wildman–Crippen LogP) is -0.859. The third-order valence-electron chi connectivity index (χ3n) is 4.12. The lowest BCUT2D eigenvalue weighted by molar-refractivity contribution is -0.121. The number of hydrogen-bond donors (Lipinski definition) is 3. The van der Waals surface area contributed by atoms with Crippen LogP contribution in [0.5, 0.6) is 0 Å². The van der Waals surface area contributed by atoms with Gasteiger partial charge in [0.05, 0.1) is 13.2 Å². The molecule has 1 fully saturated rings. The second kappa shape index (κ2) is 8.07. The molecule has 1 atom stereocenters. The number of carbonyl (C=O) groups excluding carboxylic acids is 1. The van der Waals surface area contributed by atoms with Crippen LogP contribution in [0, 0.1) is 6.92 Å². The summed E-state index contributed by atoms with van der Waals surface area (Å²) in [7, 11) is 0. The van der Waals surface area contributed by atoms with Crippen LogP contribution in [-0.2, 0) is 16.0 Å². The Kier molecular flexibility index (Phi) is 6.12. The van der Waals surface area contributed by atoms with Crippen molar-refractivity contribution in [3.8, 4) is 0 Å². The monoisotopic (exact) mass is 324 g/mol. The van der Waals surface area contributed by atoms with Gasteiger partial charge in [-0.25, -0.2) is 4.79 Å². The van der Waals surface area contributed by atoms with Crippen LogP contribution < -0.4 is 16.6 Å². The smallest absolute Gasteiger partial charge is 0.325 e. The lowest BCUT2D eigenvalue weighted by atomic mass is 10.1. The molecule has 1 saturated heterocycles. The summed E-state index contributed by atoms with van der Waals surface area (Å²) in [5.74, 6) is -0.102. The zero-order chi connectivity index (χ0) is 16.8. The van der Waals surface area contributed by atoms with Gasteiger partial charge in [-0.3, -0.25) is 19.5 Å². The Morgan fingerprint density at radius 3 is 2.65 bits per heavy atom. The molecule has 8 heteroatoms. The topological polar surface area (TPSA) is 107 Å². The summed E-state index contributed by atoms with van der Waals surface area (Å²) in [5.41, 5.74) is -0.00464. The molecule has 1 aliphatic heterocycles. The molecule has 0 aromatic carbocycles. The molecule has 1 aromatic heterocycles. The Hall–Kier alpha value is -1.93. The van der Waals surface area contributed by atoms with Crippen LogP contribution in [0.1, 0.15) is 24.6 Å². The number of aromatic nitrogens is 2. The molecule has 0 radical (unpaired) electrons. The van der Waals surface area contributed by atoms with E-state index in [0.29, 0.717) is 24.2 Å². The molecular weight excluding hydrogens is 300 g/mol. The van der Waals surface area contributed by atoms with Crippen molar-refractivity contribution >= 4 is 5.91 Å². The van der Waals surface area contributed by atoms with Crippen LogP contribution in [0.4, 0.5) is 0 Å². The maximum atomic E-state index is 12.0. The maximum absolute atomic E-state index is 12.0. The number of hydrogen-bond acceptors (Lipinski definition) is 5. The van der Waals surface area contributed by atoms with Crippen LogP contribution in [0.15, 0.2) is 9.59 Å². The van der Waals surface area contributed by atoms with Crippen LogP contribution in [0.25, 0.3) is 0 Å². The third kappa shape index (κ3) is 5.04. The highest BCUT2D eigenvalue weighted by atomic mass is 16.5. The minimum atomic E-state index is -0.528. The number of carbonyl (C=O) groups is 1. The van der Waals surface area contributed by atoms with Gasteiger partial charge in [0.15, 0.2) is 0 Å². The van der Waals surface area contributed by atoms with E-state index in [1.807, 2.05) is 0 Å². The van der Waals surface area contributed by atoms with E-state index in [9.17, 15) is 14.4 Å². The van der Waals surface area contributed by atoms with Crippen molar-refractivity contribution in [1.82, 2.24) is 20.2 Å². The van der Waals surface area contributed by atoms with Crippen molar-refractivity contribution in [2.45, 2.75) is 32.7 Å². The average Bonchev–Trinajstić information content (AvgIpc) is 2.52.